The van der Waals surface area contributed by atoms with Crippen LogP contribution in [-0.2, 0) is 4.79 Å². The molecule has 1 fully saturated rings. The first-order valence-electron chi connectivity index (χ1n) is 6.41. The van der Waals surface area contributed by atoms with Crippen molar-refractivity contribution in [1.82, 2.24) is 4.90 Å². The zero-order valence-corrected chi connectivity index (χ0v) is 11.0. The summed E-state index contributed by atoms with van der Waals surface area (Å²) in [5.74, 6) is 1.29. The number of ether oxygens (including phenoxy) is 2. The molecule has 1 aromatic rings. The van der Waals surface area contributed by atoms with E-state index in [0.717, 1.165) is 18.6 Å². The number of nitrogens with zero attached hydrogens (tertiary/aromatic N) is 1. The number of piperidine rings is 1. The molecule has 0 radical (unpaired) electrons. The number of benzene rings is 1. The molecule has 0 aliphatic carbocycles. The van der Waals surface area contributed by atoms with Crippen molar-refractivity contribution in [2.75, 3.05) is 26.8 Å². The standard InChI is InChI=1S/C14H19NO4/c1-18-12-4-6-13(7-5-12)19-10-14(17)15-8-2-3-11(16)9-15/h4-7,11,16H,2-3,8-10H2,1H3. The van der Waals surface area contributed by atoms with Crippen LogP contribution in [0, 0.1) is 0 Å². The van der Waals surface area contributed by atoms with Gasteiger partial charge in [-0.25, -0.2) is 0 Å². The van der Waals surface area contributed by atoms with Gasteiger partial charge >= 0.3 is 0 Å². The van der Waals surface area contributed by atoms with Gasteiger partial charge in [-0.2, -0.15) is 0 Å². The zero-order chi connectivity index (χ0) is 13.7. The van der Waals surface area contributed by atoms with Crippen molar-refractivity contribution >= 4 is 5.91 Å². The minimum atomic E-state index is -0.404. The summed E-state index contributed by atoms with van der Waals surface area (Å²) in [6.07, 6.45) is 1.21. The summed E-state index contributed by atoms with van der Waals surface area (Å²) >= 11 is 0. The number of rotatable bonds is 4. The highest BCUT2D eigenvalue weighted by molar-refractivity contribution is 5.77. The molecule has 1 aromatic carbocycles. The SMILES string of the molecule is COc1ccc(OCC(=O)N2CCCC(O)C2)cc1. The van der Waals surface area contributed by atoms with Crippen LogP contribution in [0.1, 0.15) is 12.8 Å². The molecule has 1 aliphatic heterocycles. The number of carbonyl (C=O) groups is 1. The Hall–Kier alpha value is -1.75. The maximum Gasteiger partial charge on any atom is 0.260 e. The minimum Gasteiger partial charge on any atom is -0.497 e. The van der Waals surface area contributed by atoms with Crippen LogP contribution in [0.2, 0.25) is 0 Å². The number of methoxy groups -OCH3 is 1. The maximum atomic E-state index is 11.9. The van der Waals surface area contributed by atoms with Gasteiger partial charge in [0.05, 0.1) is 13.2 Å². The highest BCUT2D eigenvalue weighted by atomic mass is 16.5. The van der Waals surface area contributed by atoms with E-state index in [-0.39, 0.29) is 12.5 Å². The van der Waals surface area contributed by atoms with E-state index in [9.17, 15) is 9.90 Å². The first kappa shape index (κ1) is 13.7. The van der Waals surface area contributed by atoms with Crippen LogP contribution in [0.25, 0.3) is 0 Å². The van der Waals surface area contributed by atoms with E-state index in [1.54, 1.807) is 36.3 Å². The Morgan fingerprint density at radius 2 is 2.05 bits per heavy atom. The molecule has 5 nitrogen and oxygen atoms in total. The number of aliphatic hydroxyl groups is 1. The monoisotopic (exact) mass is 265 g/mol. The normalized spacial score (nSPS) is 19.1. The molecule has 1 saturated heterocycles. The Kier molecular flexibility index (Phi) is 4.63. The van der Waals surface area contributed by atoms with Crippen molar-refractivity contribution < 1.29 is 19.4 Å². The van der Waals surface area contributed by atoms with E-state index in [1.165, 1.54) is 0 Å². The van der Waals surface area contributed by atoms with Crippen LogP contribution in [0.5, 0.6) is 11.5 Å². The molecule has 19 heavy (non-hydrogen) atoms. The molecule has 0 spiro atoms. The smallest absolute Gasteiger partial charge is 0.260 e. The molecular formula is C14H19NO4. The van der Waals surface area contributed by atoms with Gasteiger partial charge in [0.25, 0.3) is 5.91 Å². The summed E-state index contributed by atoms with van der Waals surface area (Å²) in [6.45, 7) is 1.10. The summed E-state index contributed by atoms with van der Waals surface area (Å²) in [7, 11) is 1.60. The molecule has 1 amide bonds. The predicted octanol–water partition coefficient (Wildman–Crippen LogP) is 1.06. The fourth-order valence-corrected chi connectivity index (χ4v) is 2.09. The van der Waals surface area contributed by atoms with Gasteiger partial charge in [0.15, 0.2) is 6.61 Å². The number of aliphatic hydroxyl groups excluding tert-OH is 1. The number of amides is 1. The van der Waals surface area contributed by atoms with E-state index < -0.39 is 6.10 Å². The minimum absolute atomic E-state index is 0.000944. The van der Waals surface area contributed by atoms with E-state index in [2.05, 4.69) is 0 Å². The van der Waals surface area contributed by atoms with Gasteiger partial charge in [-0.15, -0.1) is 0 Å². The first-order chi connectivity index (χ1) is 9.19. The topological polar surface area (TPSA) is 59.0 Å². The van der Waals surface area contributed by atoms with Crippen molar-refractivity contribution in [3.05, 3.63) is 24.3 Å². The van der Waals surface area contributed by atoms with Crippen LogP contribution < -0.4 is 9.47 Å². The second-order valence-corrected chi connectivity index (χ2v) is 4.60. The summed E-state index contributed by atoms with van der Waals surface area (Å²) in [6, 6.07) is 7.09. The van der Waals surface area contributed by atoms with Crippen LogP contribution in [0.4, 0.5) is 0 Å². The molecule has 104 valence electrons. The largest absolute Gasteiger partial charge is 0.497 e. The number of β-amino-alcohol motifs (C(OH)–C–C–N with tert-alkyl or cyclic N) is 1. The summed E-state index contributed by atoms with van der Waals surface area (Å²) in [5, 5.41) is 9.52. The van der Waals surface area contributed by atoms with Gasteiger partial charge in [0.2, 0.25) is 0 Å². The highest BCUT2D eigenvalue weighted by Gasteiger charge is 2.22. The third-order valence-corrected chi connectivity index (χ3v) is 3.17. The quantitative estimate of drug-likeness (QED) is 0.884. The molecule has 1 aliphatic rings. The number of hydrogen-bond acceptors (Lipinski definition) is 4. The fraction of sp³-hybridized carbons (Fsp3) is 0.500. The average molecular weight is 265 g/mol. The Labute approximate surface area is 112 Å². The lowest BCUT2D eigenvalue weighted by molar-refractivity contribution is -0.136. The lowest BCUT2D eigenvalue weighted by Gasteiger charge is -2.30. The second-order valence-electron chi connectivity index (χ2n) is 4.60. The molecular weight excluding hydrogens is 246 g/mol. The number of carbonyl (C=O) groups excluding carboxylic acids is 1. The molecule has 1 atom stereocenters. The molecule has 2 rings (SSSR count). The Bertz CT molecular complexity index is 418. The van der Waals surface area contributed by atoms with Crippen LogP contribution in [-0.4, -0.2) is 48.8 Å². The second kappa shape index (κ2) is 6.43. The fourth-order valence-electron chi connectivity index (χ4n) is 2.09. The van der Waals surface area contributed by atoms with E-state index in [1.807, 2.05) is 0 Å². The lowest BCUT2D eigenvalue weighted by atomic mass is 10.1. The molecule has 1 heterocycles. The number of hydrogen-bond donors (Lipinski definition) is 1. The third-order valence-electron chi connectivity index (χ3n) is 3.17. The van der Waals surface area contributed by atoms with Crippen molar-refractivity contribution in [3.8, 4) is 11.5 Å². The lowest BCUT2D eigenvalue weighted by Crippen LogP contribution is -2.44. The van der Waals surface area contributed by atoms with Gasteiger partial charge < -0.3 is 19.5 Å². The summed E-state index contributed by atoms with van der Waals surface area (Å²) in [5.41, 5.74) is 0. The third kappa shape index (κ3) is 3.86. The predicted molar refractivity (Wildman–Crippen MR) is 70.3 cm³/mol. The summed E-state index contributed by atoms with van der Waals surface area (Å²) < 4.78 is 10.5. The highest BCUT2D eigenvalue weighted by Crippen LogP contribution is 2.17. The molecule has 5 heteroatoms. The van der Waals surface area contributed by atoms with Gasteiger partial charge in [-0.1, -0.05) is 0 Å². The van der Waals surface area contributed by atoms with Crippen LogP contribution >= 0.6 is 0 Å². The Morgan fingerprint density at radius 3 is 2.68 bits per heavy atom. The maximum absolute atomic E-state index is 11.9. The van der Waals surface area contributed by atoms with Crippen molar-refractivity contribution in [3.63, 3.8) is 0 Å². The van der Waals surface area contributed by atoms with Crippen molar-refractivity contribution in [2.24, 2.45) is 0 Å². The Morgan fingerprint density at radius 1 is 1.37 bits per heavy atom. The van der Waals surface area contributed by atoms with Gasteiger partial charge in [-0.05, 0) is 37.1 Å². The van der Waals surface area contributed by atoms with Crippen LogP contribution in [0.15, 0.2) is 24.3 Å². The van der Waals surface area contributed by atoms with E-state index in [4.69, 9.17) is 9.47 Å². The van der Waals surface area contributed by atoms with Gasteiger partial charge in [0, 0.05) is 13.1 Å². The van der Waals surface area contributed by atoms with E-state index in [0.29, 0.717) is 18.8 Å². The summed E-state index contributed by atoms with van der Waals surface area (Å²) in [4.78, 5) is 13.6. The van der Waals surface area contributed by atoms with E-state index >= 15 is 0 Å². The molecule has 0 aromatic heterocycles. The van der Waals surface area contributed by atoms with Gasteiger partial charge in [0.1, 0.15) is 11.5 Å². The molecule has 0 saturated carbocycles. The van der Waals surface area contributed by atoms with Crippen molar-refractivity contribution in [1.29, 1.82) is 0 Å². The zero-order valence-electron chi connectivity index (χ0n) is 11.0. The molecule has 1 unspecified atom stereocenters. The van der Waals surface area contributed by atoms with Gasteiger partial charge in [-0.3, -0.25) is 4.79 Å². The van der Waals surface area contributed by atoms with Crippen LogP contribution in [0.3, 0.4) is 0 Å². The number of likely N-dealkylation sites (tertiary alicyclic amines) is 1. The Balaban J connectivity index is 1.82. The average Bonchev–Trinajstić information content (AvgIpc) is 2.45. The molecule has 1 N–H and O–H groups in total. The van der Waals surface area contributed by atoms with Crippen molar-refractivity contribution in [2.45, 2.75) is 18.9 Å². The molecule has 0 bridgehead atoms. The first-order valence-corrected chi connectivity index (χ1v) is 6.41.